The minimum Gasteiger partial charge on any atom is -0.451 e. The van der Waals surface area contributed by atoms with Gasteiger partial charge in [-0.1, -0.05) is 48.5 Å². The maximum absolute atomic E-state index is 13.7. The second-order valence-electron chi connectivity index (χ2n) is 11.4. The van der Waals surface area contributed by atoms with Crippen LogP contribution in [-0.4, -0.2) is 53.6 Å². The monoisotopic (exact) mass is 560 g/mol. The first-order chi connectivity index (χ1) is 19.5. The molecule has 10 heteroatoms. The number of Topliss-reactive ketones (excluding diaryl/α,β-unsaturated/α-hetero) is 1. The van der Waals surface area contributed by atoms with Gasteiger partial charge >= 0.3 is 0 Å². The van der Waals surface area contributed by atoms with Crippen molar-refractivity contribution in [2.45, 2.75) is 64.1 Å². The summed E-state index contributed by atoms with van der Waals surface area (Å²) < 4.78 is 5.67. The first-order valence-electron chi connectivity index (χ1n) is 13.8. The first-order valence-corrected chi connectivity index (χ1v) is 13.8. The number of furan rings is 1. The third kappa shape index (κ3) is 8.03. The van der Waals surface area contributed by atoms with Crippen molar-refractivity contribution in [2.24, 2.45) is 5.92 Å². The van der Waals surface area contributed by atoms with Crippen LogP contribution in [0.2, 0.25) is 0 Å². The Morgan fingerprint density at radius 1 is 0.976 bits per heavy atom. The number of benzene rings is 2. The summed E-state index contributed by atoms with van der Waals surface area (Å²) in [5.41, 5.74) is 0.625. The average molecular weight is 561 g/mol. The molecule has 41 heavy (non-hydrogen) atoms. The molecule has 0 bridgehead atoms. The predicted octanol–water partition coefficient (Wildman–Crippen LogP) is 2.66. The Balaban J connectivity index is 1.57. The van der Waals surface area contributed by atoms with Gasteiger partial charge in [0.25, 0.3) is 11.8 Å². The van der Waals surface area contributed by atoms with Crippen molar-refractivity contribution < 1.29 is 28.4 Å². The molecule has 4 amide bonds. The Morgan fingerprint density at radius 3 is 2.37 bits per heavy atom. The number of nitrogens with one attached hydrogen (secondary N) is 4. The molecule has 1 aliphatic rings. The fourth-order valence-corrected chi connectivity index (χ4v) is 4.79. The Kier molecular flexibility index (Phi) is 9.21. The summed E-state index contributed by atoms with van der Waals surface area (Å²) in [6.07, 6.45) is 1.34. The molecule has 2 aromatic carbocycles. The highest BCUT2D eigenvalue weighted by Crippen LogP contribution is 2.20. The van der Waals surface area contributed by atoms with Crippen LogP contribution in [0, 0.1) is 5.92 Å². The molecule has 216 valence electrons. The fourth-order valence-electron chi connectivity index (χ4n) is 4.79. The van der Waals surface area contributed by atoms with Crippen molar-refractivity contribution in [3.63, 3.8) is 0 Å². The molecule has 10 nitrogen and oxygen atoms in total. The van der Waals surface area contributed by atoms with E-state index in [-0.39, 0.29) is 24.5 Å². The van der Waals surface area contributed by atoms with Crippen LogP contribution in [0.4, 0.5) is 0 Å². The molecular weight excluding hydrogens is 524 g/mol. The van der Waals surface area contributed by atoms with Gasteiger partial charge in [0.2, 0.25) is 17.6 Å². The fraction of sp³-hybridized carbons (Fsp3) is 0.387. The van der Waals surface area contributed by atoms with Crippen LogP contribution in [0.25, 0.3) is 11.0 Å². The minimum atomic E-state index is -1.26. The molecule has 0 spiro atoms. The van der Waals surface area contributed by atoms with Crippen LogP contribution in [0.15, 0.2) is 65.1 Å². The first kappa shape index (κ1) is 29.5. The van der Waals surface area contributed by atoms with Gasteiger partial charge in [-0.25, -0.2) is 0 Å². The molecule has 0 unspecified atom stereocenters. The largest absolute Gasteiger partial charge is 0.451 e. The minimum absolute atomic E-state index is 0.0353. The number of fused-ring (bicyclic) bond motifs is 1. The molecule has 2 heterocycles. The van der Waals surface area contributed by atoms with Crippen molar-refractivity contribution in [2.75, 3.05) is 6.54 Å². The van der Waals surface area contributed by atoms with E-state index in [0.29, 0.717) is 18.5 Å². The topological polar surface area (TPSA) is 147 Å². The third-order valence-corrected chi connectivity index (χ3v) is 6.82. The lowest BCUT2D eigenvalue weighted by Gasteiger charge is -2.28. The molecule has 1 aromatic heterocycles. The standard InChI is InChI=1S/C31H36N4O6/c1-31(2,3)35-30(40)26(36)22(17-21-13-9-15-32-27(21)37)33-28(38)23(16-19-10-5-4-6-11-19)34-29(39)25-18-20-12-7-8-14-24(20)41-25/h4-8,10-12,14,18,21-23H,9,13,15-17H2,1-3H3,(H,32,37)(H,33,38)(H,34,39)(H,35,40)/t21-,22-,23-/m0/s1. The summed E-state index contributed by atoms with van der Waals surface area (Å²) in [4.78, 5) is 65.5. The number of carbonyl (C=O) groups excluding carboxylic acids is 5. The van der Waals surface area contributed by atoms with Gasteiger partial charge in [0.1, 0.15) is 11.6 Å². The van der Waals surface area contributed by atoms with Crippen molar-refractivity contribution >= 4 is 40.4 Å². The van der Waals surface area contributed by atoms with E-state index >= 15 is 0 Å². The van der Waals surface area contributed by atoms with E-state index in [1.54, 1.807) is 39.0 Å². The summed E-state index contributed by atoms with van der Waals surface area (Å²) in [7, 11) is 0. The smallest absolute Gasteiger partial charge is 0.290 e. The molecule has 4 rings (SSSR count). The van der Waals surface area contributed by atoms with Gasteiger partial charge < -0.3 is 25.7 Å². The van der Waals surface area contributed by atoms with Crippen molar-refractivity contribution in [3.05, 3.63) is 72.0 Å². The number of hydrogen-bond donors (Lipinski definition) is 4. The zero-order valence-electron chi connectivity index (χ0n) is 23.5. The zero-order valence-corrected chi connectivity index (χ0v) is 23.5. The number of hydrogen-bond acceptors (Lipinski definition) is 6. The van der Waals surface area contributed by atoms with Gasteiger partial charge in [-0.2, -0.15) is 0 Å². The summed E-state index contributed by atoms with van der Waals surface area (Å²) in [5, 5.41) is 11.6. The molecule has 0 aliphatic carbocycles. The molecule has 3 atom stereocenters. The van der Waals surface area contributed by atoms with E-state index in [9.17, 15) is 24.0 Å². The van der Waals surface area contributed by atoms with E-state index in [1.807, 2.05) is 42.5 Å². The number of carbonyl (C=O) groups is 5. The van der Waals surface area contributed by atoms with Gasteiger partial charge in [0.15, 0.2) is 5.76 Å². The molecule has 0 radical (unpaired) electrons. The van der Waals surface area contributed by atoms with Crippen molar-refractivity contribution in [1.29, 1.82) is 0 Å². The summed E-state index contributed by atoms with van der Waals surface area (Å²) in [6, 6.07) is 15.5. The molecule has 1 saturated heterocycles. The lowest BCUT2D eigenvalue weighted by molar-refractivity contribution is -0.142. The van der Waals surface area contributed by atoms with Gasteiger partial charge in [0, 0.05) is 29.8 Å². The van der Waals surface area contributed by atoms with Crippen LogP contribution in [0.5, 0.6) is 0 Å². The van der Waals surface area contributed by atoms with Crippen molar-refractivity contribution in [1.82, 2.24) is 21.3 Å². The van der Waals surface area contributed by atoms with E-state index in [1.165, 1.54) is 0 Å². The maximum atomic E-state index is 13.7. The Labute approximate surface area is 238 Å². The SMILES string of the molecule is CC(C)(C)NC(=O)C(=O)[C@H](C[C@@H]1CCCNC1=O)NC(=O)[C@H](Cc1ccccc1)NC(=O)c1cc2ccccc2o1. The van der Waals surface area contributed by atoms with E-state index in [4.69, 9.17) is 4.42 Å². The maximum Gasteiger partial charge on any atom is 0.290 e. The quantitative estimate of drug-likeness (QED) is 0.281. The second kappa shape index (κ2) is 12.8. The number of rotatable bonds is 10. The van der Waals surface area contributed by atoms with Crippen LogP contribution in [-0.2, 0) is 25.6 Å². The zero-order chi connectivity index (χ0) is 29.6. The summed E-state index contributed by atoms with van der Waals surface area (Å²) in [6.45, 7) is 5.76. The van der Waals surface area contributed by atoms with Gasteiger partial charge in [-0.15, -0.1) is 0 Å². The van der Waals surface area contributed by atoms with E-state index < -0.39 is 47.0 Å². The Hall–Kier alpha value is -4.47. The molecule has 1 aliphatic heterocycles. The number of amides is 4. The normalized spacial score (nSPS) is 16.8. The summed E-state index contributed by atoms with van der Waals surface area (Å²) in [5.74, 6) is -3.70. The highest BCUT2D eigenvalue weighted by molar-refractivity contribution is 6.38. The Bertz CT molecular complexity index is 1390. The third-order valence-electron chi connectivity index (χ3n) is 6.82. The molecule has 1 fully saturated rings. The number of ketones is 1. The van der Waals surface area contributed by atoms with E-state index in [2.05, 4.69) is 21.3 Å². The average Bonchev–Trinajstić information content (AvgIpc) is 3.37. The predicted molar refractivity (Wildman–Crippen MR) is 153 cm³/mol. The van der Waals surface area contributed by atoms with Crippen LogP contribution >= 0.6 is 0 Å². The van der Waals surface area contributed by atoms with Gasteiger partial charge in [-0.3, -0.25) is 24.0 Å². The Morgan fingerprint density at radius 2 is 1.68 bits per heavy atom. The molecule has 0 saturated carbocycles. The highest BCUT2D eigenvalue weighted by Gasteiger charge is 2.36. The molecule has 3 aromatic rings. The van der Waals surface area contributed by atoms with Crippen LogP contribution < -0.4 is 21.3 Å². The molecule has 4 N–H and O–H groups in total. The lowest BCUT2D eigenvalue weighted by atomic mass is 9.89. The van der Waals surface area contributed by atoms with E-state index in [0.717, 1.165) is 17.4 Å². The van der Waals surface area contributed by atoms with Gasteiger partial charge in [0.05, 0.1) is 6.04 Å². The van der Waals surface area contributed by atoms with Crippen LogP contribution in [0.3, 0.4) is 0 Å². The number of para-hydroxylation sites is 1. The van der Waals surface area contributed by atoms with Crippen molar-refractivity contribution in [3.8, 4) is 0 Å². The molecular formula is C31H36N4O6. The van der Waals surface area contributed by atoms with Gasteiger partial charge in [-0.05, 0) is 57.7 Å². The second-order valence-corrected chi connectivity index (χ2v) is 11.4. The lowest BCUT2D eigenvalue weighted by Crippen LogP contribution is -2.57. The summed E-state index contributed by atoms with van der Waals surface area (Å²) >= 11 is 0. The number of piperidine rings is 1. The van der Waals surface area contributed by atoms with Crippen LogP contribution in [0.1, 0.15) is 56.2 Å². The highest BCUT2D eigenvalue weighted by atomic mass is 16.3.